The van der Waals surface area contributed by atoms with Crippen molar-refractivity contribution in [2.24, 2.45) is 0 Å². The molecule has 3 nitrogen and oxygen atoms in total. The van der Waals surface area contributed by atoms with Crippen molar-refractivity contribution in [2.75, 3.05) is 23.9 Å². The highest BCUT2D eigenvalue weighted by Gasteiger charge is 2.02. The van der Waals surface area contributed by atoms with E-state index in [1.165, 1.54) is 0 Å². The number of nitrogens with one attached hydrogen (secondary N) is 1. The van der Waals surface area contributed by atoms with Crippen LogP contribution in [0.5, 0.6) is 0 Å². The van der Waals surface area contributed by atoms with E-state index >= 15 is 0 Å². The highest BCUT2D eigenvalue weighted by atomic mass is 32.2. The van der Waals surface area contributed by atoms with Crippen molar-refractivity contribution in [1.82, 2.24) is 0 Å². The average Bonchev–Trinajstić information content (AvgIpc) is 2.31. The lowest BCUT2D eigenvalue weighted by Crippen LogP contribution is -2.09. The summed E-state index contributed by atoms with van der Waals surface area (Å²) in [5.74, 6) is 0. The predicted molar refractivity (Wildman–Crippen MR) is 71.7 cm³/mol. The number of nitrogens with two attached hydrogens (primary N) is 1. The van der Waals surface area contributed by atoms with Gasteiger partial charge in [-0.3, -0.25) is 0 Å². The quantitative estimate of drug-likeness (QED) is 0.770. The summed E-state index contributed by atoms with van der Waals surface area (Å²) in [5, 5.41) is 12.7. The molecule has 1 rings (SSSR count). The van der Waals surface area contributed by atoms with E-state index in [2.05, 4.69) is 24.6 Å². The monoisotopic (exact) mass is 235 g/mol. The van der Waals surface area contributed by atoms with Gasteiger partial charge in [0.25, 0.3) is 0 Å². The van der Waals surface area contributed by atoms with E-state index in [1.54, 1.807) is 18.2 Å². The van der Waals surface area contributed by atoms with Gasteiger partial charge < -0.3 is 11.1 Å². The van der Waals surface area contributed by atoms with Gasteiger partial charge in [-0.1, -0.05) is 6.92 Å². The Morgan fingerprint density at radius 1 is 1.56 bits per heavy atom. The van der Waals surface area contributed by atoms with Crippen LogP contribution in [0.15, 0.2) is 18.2 Å². The Labute approximate surface area is 101 Å². The lowest BCUT2D eigenvalue weighted by Gasteiger charge is -2.12. The standard InChI is InChI=1S/C12H17N3S/c1-9(16-2)5-6-15-12-7-10(8-13)3-4-11(12)14/h3-4,7,9,15H,5-6,14H2,1-2H3. The Bertz CT molecular complexity index is 384. The van der Waals surface area contributed by atoms with Crippen LogP contribution < -0.4 is 11.1 Å². The van der Waals surface area contributed by atoms with Gasteiger partial charge in [-0.15, -0.1) is 0 Å². The maximum Gasteiger partial charge on any atom is 0.0992 e. The first kappa shape index (κ1) is 12.7. The van der Waals surface area contributed by atoms with E-state index in [0.717, 1.165) is 18.7 Å². The van der Waals surface area contributed by atoms with Gasteiger partial charge >= 0.3 is 0 Å². The topological polar surface area (TPSA) is 61.8 Å². The minimum absolute atomic E-state index is 0.632. The molecule has 1 aromatic carbocycles. The molecule has 0 saturated heterocycles. The van der Waals surface area contributed by atoms with Crippen molar-refractivity contribution in [1.29, 1.82) is 5.26 Å². The summed E-state index contributed by atoms with van der Waals surface area (Å²) in [6.07, 6.45) is 3.19. The van der Waals surface area contributed by atoms with E-state index in [0.29, 0.717) is 16.5 Å². The first-order valence-electron chi connectivity index (χ1n) is 5.23. The van der Waals surface area contributed by atoms with Crippen molar-refractivity contribution in [2.45, 2.75) is 18.6 Å². The molecule has 0 aliphatic carbocycles. The van der Waals surface area contributed by atoms with Gasteiger partial charge in [0.1, 0.15) is 0 Å². The number of nitrogen functional groups attached to an aromatic ring is 1. The Kier molecular flexibility index (Phi) is 5.00. The highest BCUT2D eigenvalue weighted by molar-refractivity contribution is 7.99. The molecule has 0 radical (unpaired) electrons. The summed E-state index contributed by atoms with van der Waals surface area (Å²) >= 11 is 1.85. The van der Waals surface area contributed by atoms with Gasteiger partial charge in [0.15, 0.2) is 0 Å². The van der Waals surface area contributed by atoms with E-state index in [9.17, 15) is 0 Å². The van der Waals surface area contributed by atoms with Gasteiger partial charge in [0.05, 0.1) is 23.0 Å². The van der Waals surface area contributed by atoms with Gasteiger partial charge in [0, 0.05) is 11.8 Å². The molecule has 0 amide bonds. The van der Waals surface area contributed by atoms with Crippen molar-refractivity contribution in [3.8, 4) is 6.07 Å². The van der Waals surface area contributed by atoms with E-state index in [-0.39, 0.29) is 0 Å². The molecule has 4 heteroatoms. The largest absolute Gasteiger partial charge is 0.397 e. The molecule has 0 aromatic heterocycles. The average molecular weight is 235 g/mol. The second kappa shape index (κ2) is 6.29. The second-order valence-corrected chi connectivity index (χ2v) is 4.95. The summed E-state index contributed by atoms with van der Waals surface area (Å²) in [7, 11) is 0. The summed E-state index contributed by atoms with van der Waals surface area (Å²) in [5.41, 5.74) is 7.99. The van der Waals surface area contributed by atoms with Crippen molar-refractivity contribution >= 4 is 23.1 Å². The molecule has 16 heavy (non-hydrogen) atoms. The number of nitrogens with zero attached hydrogens (tertiary/aromatic N) is 1. The molecule has 0 bridgehead atoms. The lowest BCUT2D eigenvalue weighted by molar-refractivity contribution is 0.854. The molecule has 0 spiro atoms. The molecular weight excluding hydrogens is 218 g/mol. The fourth-order valence-corrected chi connectivity index (χ4v) is 1.66. The fourth-order valence-electron chi connectivity index (χ4n) is 1.31. The van der Waals surface area contributed by atoms with Gasteiger partial charge in [-0.2, -0.15) is 17.0 Å². The van der Waals surface area contributed by atoms with Crippen LogP contribution in [0.4, 0.5) is 11.4 Å². The number of anilines is 2. The molecule has 0 aliphatic heterocycles. The first-order chi connectivity index (χ1) is 7.67. The van der Waals surface area contributed by atoms with Crippen LogP contribution in [0.25, 0.3) is 0 Å². The highest BCUT2D eigenvalue weighted by Crippen LogP contribution is 2.20. The van der Waals surface area contributed by atoms with Gasteiger partial charge in [-0.05, 0) is 30.9 Å². The van der Waals surface area contributed by atoms with Gasteiger partial charge in [-0.25, -0.2) is 0 Å². The molecule has 0 saturated carbocycles. The van der Waals surface area contributed by atoms with Crippen LogP contribution in [-0.4, -0.2) is 18.1 Å². The maximum absolute atomic E-state index is 8.78. The minimum Gasteiger partial charge on any atom is -0.397 e. The van der Waals surface area contributed by atoms with Crippen molar-refractivity contribution < 1.29 is 0 Å². The van der Waals surface area contributed by atoms with Crippen LogP contribution in [0.3, 0.4) is 0 Å². The SMILES string of the molecule is CSC(C)CCNc1cc(C#N)ccc1N. The molecular formula is C12H17N3S. The zero-order valence-corrected chi connectivity index (χ0v) is 10.5. The first-order valence-corrected chi connectivity index (χ1v) is 6.52. The Balaban J connectivity index is 2.56. The van der Waals surface area contributed by atoms with Crippen molar-refractivity contribution in [3.05, 3.63) is 23.8 Å². The summed E-state index contributed by atoms with van der Waals surface area (Å²) in [6, 6.07) is 7.39. The zero-order chi connectivity index (χ0) is 12.0. The van der Waals surface area contributed by atoms with E-state index in [1.807, 2.05) is 11.8 Å². The van der Waals surface area contributed by atoms with Gasteiger partial charge in [0.2, 0.25) is 0 Å². The van der Waals surface area contributed by atoms with E-state index in [4.69, 9.17) is 11.0 Å². The van der Waals surface area contributed by atoms with Crippen LogP contribution in [-0.2, 0) is 0 Å². The van der Waals surface area contributed by atoms with Crippen LogP contribution in [0.1, 0.15) is 18.9 Å². The number of rotatable bonds is 5. The molecule has 0 heterocycles. The normalized spacial score (nSPS) is 11.8. The summed E-state index contributed by atoms with van der Waals surface area (Å²) in [4.78, 5) is 0. The Morgan fingerprint density at radius 2 is 2.31 bits per heavy atom. The van der Waals surface area contributed by atoms with Crippen LogP contribution >= 0.6 is 11.8 Å². The molecule has 3 N–H and O–H groups in total. The number of hydrogen-bond acceptors (Lipinski definition) is 4. The molecule has 0 aliphatic rings. The number of nitriles is 1. The zero-order valence-electron chi connectivity index (χ0n) is 9.66. The minimum atomic E-state index is 0.632. The Morgan fingerprint density at radius 3 is 2.94 bits per heavy atom. The van der Waals surface area contributed by atoms with Crippen molar-refractivity contribution in [3.63, 3.8) is 0 Å². The molecule has 0 fully saturated rings. The summed E-state index contributed by atoms with van der Waals surface area (Å²) < 4.78 is 0. The third kappa shape index (κ3) is 3.67. The number of thioether (sulfide) groups is 1. The molecule has 1 atom stereocenters. The fraction of sp³-hybridized carbons (Fsp3) is 0.417. The molecule has 1 aromatic rings. The van der Waals surface area contributed by atoms with E-state index < -0.39 is 0 Å². The molecule has 1 unspecified atom stereocenters. The second-order valence-electron chi connectivity index (χ2n) is 3.68. The third-order valence-corrected chi connectivity index (χ3v) is 3.49. The lowest BCUT2D eigenvalue weighted by atomic mass is 10.2. The number of benzene rings is 1. The van der Waals surface area contributed by atoms with Crippen LogP contribution in [0, 0.1) is 11.3 Å². The molecule has 86 valence electrons. The summed E-state index contributed by atoms with van der Waals surface area (Å²) in [6.45, 7) is 3.07. The maximum atomic E-state index is 8.78. The number of hydrogen-bond donors (Lipinski definition) is 2. The smallest absolute Gasteiger partial charge is 0.0992 e. The Hall–Kier alpha value is -1.34. The van der Waals surface area contributed by atoms with Crippen LogP contribution in [0.2, 0.25) is 0 Å². The predicted octanol–water partition coefficient (Wildman–Crippen LogP) is 2.69. The third-order valence-electron chi connectivity index (χ3n) is 2.45.